The lowest BCUT2D eigenvalue weighted by Crippen LogP contribution is -2.51. The molecule has 0 aromatic heterocycles. The molecule has 0 aliphatic heterocycles. The number of esters is 2. The fourth-order valence-electron chi connectivity index (χ4n) is 8.38. The van der Waals surface area contributed by atoms with E-state index in [4.69, 9.17) is 9.47 Å². The lowest BCUT2D eigenvalue weighted by Gasteiger charge is -2.58. The van der Waals surface area contributed by atoms with Crippen LogP contribution >= 0.6 is 0 Å². The molecule has 32 heavy (non-hydrogen) atoms. The second-order valence-corrected chi connectivity index (χ2v) is 12.8. The van der Waals surface area contributed by atoms with E-state index in [1.165, 1.54) is 31.8 Å². The molecule has 4 heteroatoms. The summed E-state index contributed by atoms with van der Waals surface area (Å²) < 4.78 is 11.4. The van der Waals surface area contributed by atoms with Crippen LogP contribution in [0, 0.1) is 40.4 Å². The van der Waals surface area contributed by atoms with Gasteiger partial charge >= 0.3 is 11.9 Å². The molecular weight excluding hydrogens is 400 g/mol. The zero-order valence-electron chi connectivity index (χ0n) is 21.3. The smallest absolute Gasteiger partial charge is 0.309 e. The number of hydrogen-bond acceptors (Lipinski definition) is 4. The first-order valence-electron chi connectivity index (χ1n) is 12.9. The predicted octanol–water partition coefficient (Wildman–Crippen LogP) is 6.47. The quantitative estimate of drug-likeness (QED) is 0.369. The van der Waals surface area contributed by atoms with Crippen LogP contribution in [-0.2, 0) is 19.1 Å². The van der Waals surface area contributed by atoms with Crippen molar-refractivity contribution in [2.24, 2.45) is 40.4 Å². The maximum absolute atomic E-state index is 12.9. The van der Waals surface area contributed by atoms with Crippen molar-refractivity contribution in [1.82, 2.24) is 0 Å². The molecule has 0 saturated heterocycles. The minimum absolute atomic E-state index is 0.0203. The van der Waals surface area contributed by atoms with Gasteiger partial charge in [0.05, 0.1) is 5.92 Å². The number of carbonyl (C=O) groups is 2. The van der Waals surface area contributed by atoms with E-state index < -0.39 is 5.60 Å². The van der Waals surface area contributed by atoms with Gasteiger partial charge < -0.3 is 9.47 Å². The molecule has 3 fully saturated rings. The van der Waals surface area contributed by atoms with Crippen molar-refractivity contribution in [3.8, 4) is 0 Å². The van der Waals surface area contributed by atoms with E-state index in [2.05, 4.69) is 26.8 Å². The first-order valence-corrected chi connectivity index (χ1v) is 12.9. The lowest BCUT2D eigenvalue weighted by atomic mass is 9.47. The minimum Gasteiger partial charge on any atom is -0.462 e. The standard InChI is InChI=1S/C28H44O4/c1-17(25(30)32-26(3,4)5)22-10-11-23-21-9-8-19-16-20(31-18(2)29)12-14-27(19,6)24(21)13-15-28(22,23)7/h8,17,20-24H,9-16H2,1-7H3/t17-,20-,21-,22+,23-,24-,27-,28+/m0/s1. The number of hydrogen-bond donors (Lipinski definition) is 0. The van der Waals surface area contributed by atoms with E-state index in [-0.39, 0.29) is 34.8 Å². The van der Waals surface area contributed by atoms with Crippen molar-refractivity contribution in [1.29, 1.82) is 0 Å². The lowest BCUT2D eigenvalue weighted by molar-refractivity contribution is -0.164. The molecule has 4 aliphatic carbocycles. The van der Waals surface area contributed by atoms with Gasteiger partial charge in [0.15, 0.2) is 0 Å². The molecule has 0 N–H and O–H groups in total. The Kier molecular flexibility index (Phi) is 6.08. The van der Waals surface area contributed by atoms with Gasteiger partial charge in [-0.1, -0.05) is 32.4 Å². The maximum atomic E-state index is 12.9. The summed E-state index contributed by atoms with van der Waals surface area (Å²) in [5, 5.41) is 0. The number of fused-ring (bicyclic) bond motifs is 5. The molecule has 0 radical (unpaired) electrons. The Labute approximate surface area is 194 Å². The number of rotatable bonds is 3. The van der Waals surface area contributed by atoms with Gasteiger partial charge in [-0.2, -0.15) is 0 Å². The molecule has 4 rings (SSSR count). The van der Waals surface area contributed by atoms with Crippen LogP contribution in [-0.4, -0.2) is 23.6 Å². The maximum Gasteiger partial charge on any atom is 0.309 e. The molecule has 0 amide bonds. The second kappa shape index (κ2) is 8.17. The van der Waals surface area contributed by atoms with E-state index in [1.54, 1.807) is 0 Å². The summed E-state index contributed by atoms with van der Waals surface area (Å²) in [5.74, 6) is 2.33. The largest absolute Gasteiger partial charge is 0.462 e. The Morgan fingerprint density at radius 3 is 2.44 bits per heavy atom. The fourth-order valence-corrected chi connectivity index (χ4v) is 8.38. The summed E-state index contributed by atoms with van der Waals surface area (Å²) in [6.07, 6.45) is 11.6. The molecule has 0 aromatic carbocycles. The summed E-state index contributed by atoms with van der Waals surface area (Å²) in [7, 11) is 0. The average molecular weight is 445 g/mol. The molecule has 0 aromatic rings. The first-order chi connectivity index (χ1) is 14.8. The molecule has 3 saturated carbocycles. The Hall–Kier alpha value is -1.32. The summed E-state index contributed by atoms with van der Waals surface area (Å²) in [5.41, 5.74) is 1.59. The van der Waals surface area contributed by atoms with E-state index in [1.807, 2.05) is 20.8 Å². The highest BCUT2D eigenvalue weighted by Crippen LogP contribution is 2.67. The molecule has 0 spiro atoms. The third kappa shape index (κ3) is 4.05. The van der Waals surface area contributed by atoms with E-state index in [0.717, 1.165) is 38.0 Å². The summed E-state index contributed by atoms with van der Waals surface area (Å²) >= 11 is 0. The third-order valence-electron chi connectivity index (χ3n) is 9.85. The summed E-state index contributed by atoms with van der Waals surface area (Å²) in [4.78, 5) is 24.4. The summed E-state index contributed by atoms with van der Waals surface area (Å²) in [6, 6.07) is 0. The van der Waals surface area contributed by atoms with Crippen molar-refractivity contribution < 1.29 is 19.1 Å². The Bertz CT molecular complexity index is 792. The minimum atomic E-state index is -0.425. The van der Waals surface area contributed by atoms with E-state index >= 15 is 0 Å². The van der Waals surface area contributed by atoms with Gasteiger partial charge in [-0.25, -0.2) is 0 Å². The number of ether oxygens (including phenoxy) is 2. The molecule has 0 bridgehead atoms. The van der Waals surface area contributed by atoms with Gasteiger partial charge in [0.2, 0.25) is 0 Å². The molecule has 4 nitrogen and oxygen atoms in total. The van der Waals surface area contributed by atoms with Crippen molar-refractivity contribution >= 4 is 11.9 Å². The van der Waals surface area contributed by atoms with Gasteiger partial charge in [0.1, 0.15) is 11.7 Å². The van der Waals surface area contributed by atoms with Crippen LogP contribution in [0.15, 0.2) is 11.6 Å². The van der Waals surface area contributed by atoms with E-state index in [9.17, 15) is 9.59 Å². The van der Waals surface area contributed by atoms with Crippen LogP contribution in [0.5, 0.6) is 0 Å². The highest BCUT2D eigenvalue weighted by Gasteiger charge is 2.60. The first kappa shape index (κ1) is 23.8. The van der Waals surface area contributed by atoms with E-state index in [0.29, 0.717) is 17.8 Å². The molecule has 0 heterocycles. The van der Waals surface area contributed by atoms with Crippen LogP contribution in [0.2, 0.25) is 0 Å². The monoisotopic (exact) mass is 444 g/mol. The van der Waals surface area contributed by atoms with Gasteiger partial charge in [0.25, 0.3) is 0 Å². The van der Waals surface area contributed by atoms with Crippen LogP contribution in [0.25, 0.3) is 0 Å². The van der Waals surface area contributed by atoms with Crippen molar-refractivity contribution in [2.45, 2.75) is 112 Å². The molecule has 0 unspecified atom stereocenters. The van der Waals surface area contributed by atoms with Gasteiger partial charge in [-0.05, 0) is 100 Å². The van der Waals surface area contributed by atoms with Crippen molar-refractivity contribution in [2.75, 3.05) is 0 Å². The average Bonchev–Trinajstić information content (AvgIpc) is 3.03. The van der Waals surface area contributed by atoms with Crippen LogP contribution in [0.4, 0.5) is 0 Å². The summed E-state index contributed by atoms with van der Waals surface area (Å²) in [6.45, 7) is 14.5. The Balaban J connectivity index is 1.52. The highest BCUT2D eigenvalue weighted by molar-refractivity contribution is 5.73. The predicted molar refractivity (Wildman–Crippen MR) is 126 cm³/mol. The van der Waals surface area contributed by atoms with Gasteiger partial charge in [-0.3, -0.25) is 9.59 Å². The fraction of sp³-hybridized carbons (Fsp3) is 0.857. The number of allylic oxidation sites excluding steroid dienone is 1. The molecule has 8 atom stereocenters. The van der Waals surface area contributed by atoms with Crippen molar-refractivity contribution in [3.63, 3.8) is 0 Å². The third-order valence-corrected chi connectivity index (χ3v) is 9.85. The van der Waals surface area contributed by atoms with Crippen molar-refractivity contribution in [3.05, 3.63) is 11.6 Å². The van der Waals surface area contributed by atoms with Gasteiger partial charge in [0, 0.05) is 13.3 Å². The SMILES string of the molecule is CC(=O)O[C@H]1CC[C@@]2(C)C(=CC[C@H]3[C@@H]4CC[C@H]([C@H](C)C(=O)OC(C)(C)C)[C@@]4(C)CC[C@@H]32)C1. The molecule has 4 aliphatic rings. The van der Waals surface area contributed by atoms with Crippen LogP contribution in [0.3, 0.4) is 0 Å². The number of carbonyl (C=O) groups excluding carboxylic acids is 2. The zero-order chi connectivity index (χ0) is 23.5. The zero-order valence-corrected chi connectivity index (χ0v) is 21.3. The Morgan fingerprint density at radius 1 is 1.06 bits per heavy atom. The molecule has 180 valence electrons. The topological polar surface area (TPSA) is 52.6 Å². The van der Waals surface area contributed by atoms with Crippen LogP contribution in [0.1, 0.15) is 99.8 Å². The highest BCUT2D eigenvalue weighted by atomic mass is 16.6. The molecular formula is C28H44O4. The van der Waals surface area contributed by atoms with Gasteiger partial charge in [-0.15, -0.1) is 0 Å². The normalized spacial score (nSPS) is 42.1. The second-order valence-electron chi connectivity index (χ2n) is 12.8. The van der Waals surface area contributed by atoms with Crippen LogP contribution < -0.4 is 0 Å². The Morgan fingerprint density at radius 2 is 1.78 bits per heavy atom.